The van der Waals surface area contributed by atoms with Crippen molar-refractivity contribution in [2.75, 3.05) is 39.8 Å². The number of hydrogen-bond donors (Lipinski definition) is 0. The highest BCUT2D eigenvalue weighted by Gasteiger charge is 2.26. The molecule has 1 heterocycles. The second kappa shape index (κ2) is 7.85. The van der Waals surface area contributed by atoms with Gasteiger partial charge in [-0.15, -0.1) is 11.3 Å². The van der Waals surface area contributed by atoms with Crippen molar-refractivity contribution in [2.24, 2.45) is 5.41 Å². The summed E-state index contributed by atoms with van der Waals surface area (Å²) in [5.41, 5.74) is 1.01. The Balaban J connectivity index is 3.10. The fraction of sp³-hybridized carbons (Fsp3) is 0.611. The zero-order chi connectivity index (χ0) is 17.8. The van der Waals surface area contributed by atoms with Crippen LogP contribution in [0.1, 0.15) is 30.5 Å². The summed E-state index contributed by atoms with van der Waals surface area (Å²) in [6.45, 7) is 8.70. The van der Waals surface area contributed by atoms with Gasteiger partial charge < -0.3 is 14.5 Å². The molecule has 0 radical (unpaired) electrons. The molecule has 1 aromatic rings. The van der Waals surface area contributed by atoms with E-state index >= 15 is 0 Å². The first kappa shape index (κ1) is 19.5. The van der Waals surface area contributed by atoms with E-state index in [0.29, 0.717) is 6.61 Å². The third kappa shape index (κ3) is 5.56. The molecule has 0 saturated carbocycles. The minimum Gasteiger partial charge on any atom is -0.382 e. The summed E-state index contributed by atoms with van der Waals surface area (Å²) in [6.07, 6.45) is 0. The van der Waals surface area contributed by atoms with E-state index in [0.717, 1.165) is 15.4 Å². The predicted octanol–water partition coefficient (Wildman–Crippen LogP) is 2.99. The molecule has 128 valence electrons. The van der Waals surface area contributed by atoms with E-state index in [4.69, 9.17) is 4.74 Å². The average Bonchev–Trinajstić information content (AvgIpc) is 2.81. The summed E-state index contributed by atoms with van der Waals surface area (Å²) >= 11 is 1.66. The van der Waals surface area contributed by atoms with Gasteiger partial charge in [0, 0.05) is 38.5 Å². The molecule has 1 unspecified atom stereocenters. The van der Waals surface area contributed by atoms with Gasteiger partial charge in [0.05, 0.1) is 17.2 Å². The van der Waals surface area contributed by atoms with Gasteiger partial charge in [-0.3, -0.25) is 4.79 Å². The average molecular weight is 337 g/mol. The maximum Gasteiger partial charge on any atom is 0.247 e. The van der Waals surface area contributed by atoms with Crippen LogP contribution in [-0.4, -0.2) is 51.7 Å². The minimum atomic E-state index is -0.341. The molecular weight excluding hydrogens is 308 g/mol. The van der Waals surface area contributed by atoms with Crippen molar-refractivity contribution in [3.05, 3.63) is 15.8 Å². The second-order valence-electron chi connectivity index (χ2n) is 6.87. The Bertz CT molecular complexity index is 603. The molecule has 0 aliphatic carbocycles. The number of carbonyl (C=O) groups excluding carboxylic acids is 1. The summed E-state index contributed by atoms with van der Waals surface area (Å²) in [5.74, 6) is 6.52. The third-order valence-electron chi connectivity index (χ3n) is 3.35. The van der Waals surface area contributed by atoms with Crippen molar-refractivity contribution in [1.29, 1.82) is 0 Å². The Morgan fingerprint density at radius 1 is 1.35 bits per heavy atom. The quantitative estimate of drug-likeness (QED) is 0.775. The predicted molar refractivity (Wildman–Crippen MR) is 98.2 cm³/mol. The van der Waals surface area contributed by atoms with E-state index in [9.17, 15) is 4.79 Å². The zero-order valence-corrected chi connectivity index (χ0v) is 16.3. The summed E-state index contributed by atoms with van der Waals surface area (Å²) in [6, 6.07) is 1.72. The van der Waals surface area contributed by atoms with Gasteiger partial charge >= 0.3 is 0 Å². The lowest BCUT2D eigenvalue weighted by Gasteiger charge is -2.30. The van der Waals surface area contributed by atoms with Crippen molar-refractivity contribution >= 4 is 22.9 Å². The van der Waals surface area contributed by atoms with Crippen LogP contribution in [0.2, 0.25) is 0 Å². The molecule has 0 spiro atoms. The molecule has 0 aliphatic heterocycles. The smallest absolute Gasteiger partial charge is 0.247 e. The van der Waals surface area contributed by atoms with Gasteiger partial charge in [0.2, 0.25) is 5.91 Å². The van der Waals surface area contributed by atoms with Crippen molar-refractivity contribution in [3.8, 4) is 11.8 Å². The van der Waals surface area contributed by atoms with Crippen LogP contribution in [0.3, 0.4) is 0 Å². The van der Waals surface area contributed by atoms with Crippen molar-refractivity contribution in [2.45, 2.75) is 33.7 Å². The number of likely N-dealkylation sites (N-methyl/N-ethyl adjacent to an activating group) is 2. The van der Waals surface area contributed by atoms with Gasteiger partial charge in [-0.25, -0.2) is 0 Å². The minimum absolute atomic E-state index is 0.0244. The second-order valence-corrected chi connectivity index (χ2v) is 8.12. The first-order valence-corrected chi connectivity index (χ1v) is 8.45. The van der Waals surface area contributed by atoms with Gasteiger partial charge in [-0.2, -0.15) is 0 Å². The lowest BCUT2D eigenvalue weighted by atomic mass is 9.98. The lowest BCUT2D eigenvalue weighted by Crippen LogP contribution is -2.47. The van der Waals surface area contributed by atoms with Crippen molar-refractivity contribution in [3.63, 3.8) is 0 Å². The van der Waals surface area contributed by atoms with E-state index in [2.05, 4.69) is 45.6 Å². The maximum absolute atomic E-state index is 12.4. The largest absolute Gasteiger partial charge is 0.382 e. The van der Waals surface area contributed by atoms with Gasteiger partial charge in [-0.05, 0) is 33.8 Å². The van der Waals surface area contributed by atoms with Crippen molar-refractivity contribution in [1.82, 2.24) is 4.90 Å². The fourth-order valence-electron chi connectivity index (χ4n) is 2.11. The molecule has 0 aliphatic rings. The maximum atomic E-state index is 12.4. The number of aryl methyl sites for hydroxylation is 1. The number of thiophene rings is 1. The Morgan fingerprint density at radius 3 is 2.43 bits per heavy atom. The van der Waals surface area contributed by atoms with Crippen LogP contribution in [0.4, 0.5) is 5.69 Å². The van der Waals surface area contributed by atoms with Gasteiger partial charge in [0.25, 0.3) is 0 Å². The highest BCUT2D eigenvalue weighted by molar-refractivity contribution is 7.13. The number of rotatable bonds is 5. The standard InChI is InChI=1S/C18H28N2O2S/c1-13-15(11-14(23-13)9-10-18(2,3)4)20(7)16(12-22-8)17(21)19(5)6/h11,16H,12H2,1-8H3. The number of carbonyl (C=O) groups is 1. The normalized spacial score (nSPS) is 12.3. The molecule has 1 rings (SSSR count). The zero-order valence-electron chi connectivity index (χ0n) is 15.5. The topological polar surface area (TPSA) is 32.8 Å². The number of ether oxygens (including phenoxy) is 1. The molecule has 1 atom stereocenters. The summed E-state index contributed by atoms with van der Waals surface area (Å²) in [7, 11) is 7.07. The number of anilines is 1. The van der Waals surface area contributed by atoms with Crippen LogP contribution >= 0.6 is 11.3 Å². The molecule has 4 nitrogen and oxygen atoms in total. The summed E-state index contributed by atoms with van der Waals surface area (Å²) in [5, 5.41) is 0. The molecule has 0 saturated heterocycles. The Morgan fingerprint density at radius 2 is 1.96 bits per heavy atom. The van der Waals surface area contributed by atoms with Crippen LogP contribution < -0.4 is 4.90 Å². The number of hydrogen-bond acceptors (Lipinski definition) is 4. The molecule has 0 bridgehead atoms. The fourth-order valence-corrected chi connectivity index (χ4v) is 3.02. The van der Waals surface area contributed by atoms with Gasteiger partial charge in [-0.1, -0.05) is 11.8 Å². The molecule has 0 fully saturated rings. The number of nitrogens with zero attached hydrogens (tertiary/aromatic N) is 2. The van der Waals surface area contributed by atoms with Crippen LogP contribution in [0, 0.1) is 24.2 Å². The first-order chi connectivity index (χ1) is 10.6. The van der Waals surface area contributed by atoms with Crippen LogP contribution in [0.15, 0.2) is 6.07 Å². The van der Waals surface area contributed by atoms with Crippen molar-refractivity contribution < 1.29 is 9.53 Å². The molecule has 1 amide bonds. The SMILES string of the molecule is COCC(C(=O)N(C)C)N(C)c1cc(C#CC(C)(C)C)sc1C. The van der Waals surface area contributed by atoms with E-state index in [1.807, 2.05) is 11.9 Å². The Labute approximate surface area is 144 Å². The number of methoxy groups -OCH3 is 1. The van der Waals surface area contributed by atoms with Crippen LogP contribution in [-0.2, 0) is 9.53 Å². The molecular formula is C18H28N2O2S. The monoisotopic (exact) mass is 336 g/mol. The van der Waals surface area contributed by atoms with Gasteiger partial charge in [0.15, 0.2) is 0 Å². The molecule has 5 heteroatoms. The molecule has 0 aromatic carbocycles. The molecule has 23 heavy (non-hydrogen) atoms. The highest BCUT2D eigenvalue weighted by Crippen LogP contribution is 2.30. The van der Waals surface area contributed by atoms with Gasteiger partial charge in [0.1, 0.15) is 6.04 Å². The molecule has 0 N–H and O–H groups in total. The highest BCUT2D eigenvalue weighted by atomic mass is 32.1. The Kier molecular flexibility index (Phi) is 6.67. The summed E-state index contributed by atoms with van der Waals surface area (Å²) in [4.78, 5) is 18.2. The lowest BCUT2D eigenvalue weighted by molar-refractivity contribution is -0.131. The summed E-state index contributed by atoms with van der Waals surface area (Å²) < 4.78 is 5.24. The first-order valence-electron chi connectivity index (χ1n) is 7.63. The van der Waals surface area contributed by atoms with Crippen LogP contribution in [0.25, 0.3) is 0 Å². The third-order valence-corrected chi connectivity index (χ3v) is 4.31. The van der Waals surface area contributed by atoms with E-state index in [-0.39, 0.29) is 17.4 Å². The molecule has 1 aromatic heterocycles. The Hall–Kier alpha value is -1.51. The number of amides is 1. The van der Waals surface area contributed by atoms with Crippen LogP contribution in [0.5, 0.6) is 0 Å². The van der Waals surface area contributed by atoms with E-state index in [1.165, 1.54) is 0 Å². The van der Waals surface area contributed by atoms with E-state index < -0.39 is 0 Å². The van der Waals surface area contributed by atoms with E-state index in [1.54, 1.807) is 37.4 Å².